The summed E-state index contributed by atoms with van der Waals surface area (Å²) in [6.07, 6.45) is 5.98. The molecule has 0 spiro atoms. The second kappa shape index (κ2) is 9.26. The molecule has 0 radical (unpaired) electrons. The molecule has 0 saturated carbocycles. The van der Waals surface area contributed by atoms with Crippen LogP contribution in [0.25, 0.3) is 0 Å². The van der Waals surface area contributed by atoms with Gasteiger partial charge in [0.05, 0.1) is 9.85 Å². The van der Waals surface area contributed by atoms with Crippen LogP contribution in [0.5, 0.6) is 0 Å². The van der Waals surface area contributed by atoms with Crippen LogP contribution >= 0.6 is 0 Å². The van der Waals surface area contributed by atoms with Crippen molar-refractivity contribution in [1.82, 2.24) is 0 Å². The van der Waals surface area contributed by atoms with Gasteiger partial charge in [0.15, 0.2) is 0 Å². The molecule has 27 heavy (non-hydrogen) atoms. The van der Waals surface area contributed by atoms with E-state index in [4.69, 9.17) is 0 Å². The highest BCUT2D eigenvalue weighted by Crippen LogP contribution is 2.29. The van der Waals surface area contributed by atoms with E-state index in [1.807, 2.05) is 18.2 Å². The zero-order valence-electron chi connectivity index (χ0n) is 15.9. The van der Waals surface area contributed by atoms with E-state index in [0.717, 1.165) is 49.7 Å². The van der Waals surface area contributed by atoms with E-state index >= 15 is 0 Å². The Morgan fingerprint density at radius 2 is 1.48 bits per heavy atom. The van der Waals surface area contributed by atoms with E-state index in [1.165, 1.54) is 6.07 Å². The number of non-ortho nitro benzene ring substituents is 2. The number of aryl methyl sites for hydroxylation is 1. The molecule has 2 rings (SSSR count). The highest BCUT2D eigenvalue weighted by atomic mass is 16.6. The van der Waals surface area contributed by atoms with Crippen LogP contribution < -0.4 is 0 Å². The van der Waals surface area contributed by atoms with Crippen molar-refractivity contribution in [3.05, 3.63) is 79.9 Å². The Labute approximate surface area is 159 Å². The Morgan fingerprint density at radius 1 is 0.815 bits per heavy atom. The van der Waals surface area contributed by atoms with Gasteiger partial charge in [-0.3, -0.25) is 20.2 Å². The Hall–Kier alpha value is -2.76. The van der Waals surface area contributed by atoms with Crippen molar-refractivity contribution in [2.75, 3.05) is 0 Å². The third kappa shape index (κ3) is 6.81. The number of unbranched alkanes of at least 4 members (excludes halogenated alkanes) is 2. The maximum Gasteiger partial charge on any atom is 0.269 e. The number of nitro benzene ring substituents is 2. The molecule has 0 N–H and O–H groups in total. The predicted octanol–water partition coefficient (Wildman–Crippen LogP) is 5.87. The van der Waals surface area contributed by atoms with E-state index in [-0.39, 0.29) is 26.6 Å². The number of nitrogens with zero attached hydrogens (tertiary/aromatic N) is 2. The van der Waals surface area contributed by atoms with Crippen molar-refractivity contribution in [3.8, 4) is 0 Å². The SMILES string of the molecule is CC(C)(CCCCCc1cccc([N+](=O)[O-])c1)Cc1ccc([N+](=O)[O-])cc1. The molecule has 144 valence electrons. The van der Waals surface area contributed by atoms with Crippen LogP contribution in [-0.2, 0) is 12.8 Å². The van der Waals surface area contributed by atoms with Crippen LogP contribution in [-0.4, -0.2) is 9.85 Å². The van der Waals surface area contributed by atoms with Gasteiger partial charge in [0.1, 0.15) is 0 Å². The molecule has 0 fully saturated rings. The van der Waals surface area contributed by atoms with Crippen LogP contribution in [0.2, 0.25) is 0 Å². The van der Waals surface area contributed by atoms with Crippen LogP contribution in [0.4, 0.5) is 11.4 Å². The standard InChI is InChI=1S/C21H26N2O4/c1-21(2,16-18-10-12-19(13-11-18)22(24)25)14-5-3-4-7-17-8-6-9-20(15-17)23(26)27/h6,8-13,15H,3-5,7,14,16H2,1-2H3. The number of hydrogen-bond acceptors (Lipinski definition) is 4. The second-order valence-electron chi connectivity index (χ2n) is 7.75. The van der Waals surface area contributed by atoms with Crippen molar-refractivity contribution < 1.29 is 9.85 Å². The molecule has 2 aromatic rings. The average Bonchev–Trinajstić information content (AvgIpc) is 2.61. The summed E-state index contributed by atoms with van der Waals surface area (Å²) >= 11 is 0. The molecule has 0 bridgehead atoms. The van der Waals surface area contributed by atoms with E-state index in [1.54, 1.807) is 24.3 Å². The molecule has 0 amide bonds. The maximum absolute atomic E-state index is 10.8. The molecule has 0 saturated heterocycles. The average molecular weight is 370 g/mol. The monoisotopic (exact) mass is 370 g/mol. The van der Waals surface area contributed by atoms with E-state index in [0.29, 0.717) is 0 Å². The normalized spacial score (nSPS) is 11.3. The van der Waals surface area contributed by atoms with Gasteiger partial charge in [-0.05, 0) is 42.2 Å². The molecule has 0 aliphatic carbocycles. The van der Waals surface area contributed by atoms with Crippen molar-refractivity contribution in [1.29, 1.82) is 0 Å². The number of benzene rings is 2. The van der Waals surface area contributed by atoms with Crippen molar-refractivity contribution >= 4 is 11.4 Å². The first-order chi connectivity index (χ1) is 12.8. The van der Waals surface area contributed by atoms with Crippen molar-refractivity contribution in [2.45, 2.75) is 52.4 Å². The van der Waals surface area contributed by atoms with Crippen LogP contribution in [0.15, 0.2) is 48.5 Å². The minimum absolute atomic E-state index is 0.123. The predicted molar refractivity (Wildman–Crippen MR) is 106 cm³/mol. The summed E-state index contributed by atoms with van der Waals surface area (Å²) in [5, 5.41) is 21.5. The summed E-state index contributed by atoms with van der Waals surface area (Å²) in [7, 11) is 0. The Morgan fingerprint density at radius 3 is 2.11 bits per heavy atom. The second-order valence-corrected chi connectivity index (χ2v) is 7.75. The lowest BCUT2D eigenvalue weighted by atomic mass is 9.81. The zero-order valence-corrected chi connectivity index (χ0v) is 15.9. The van der Waals surface area contributed by atoms with Gasteiger partial charge in [0, 0.05) is 24.3 Å². The topological polar surface area (TPSA) is 86.3 Å². The summed E-state index contributed by atoms with van der Waals surface area (Å²) in [6.45, 7) is 4.43. The van der Waals surface area contributed by atoms with Gasteiger partial charge in [-0.25, -0.2) is 0 Å². The minimum Gasteiger partial charge on any atom is -0.258 e. The molecular weight excluding hydrogens is 344 g/mol. The van der Waals surface area contributed by atoms with E-state index < -0.39 is 0 Å². The molecule has 0 atom stereocenters. The fourth-order valence-corrected chi connectivity index (χ4v) is 3.31. The van der Waals surface area contributed by atoms with Crippen LogP contribution in [0, 0.1) is 25.6 Å². The van der Waals surface area contributed by atoms with Gasteiger partial charge in [-0.2, -0.15) is 0 Å². The first kappa shape index (κ1) is 20.6. The van der Waals surface area contributed by atoms with Crippen LogP contribution in [0.1, 0.15) is 50.7 Å². The van der Waals surface area contributed by atoms with E-state index in [2.05, 4.69) is 13.8 Å². The fraction of sp³-hybridized carbons (Fsp3) is 0.429. The number of nitro groups is 2. The Balaban J connectivity index is 1.74. The molecule has 6 heteroatoms. The Kier molecular flexibility index (Phi) is 7.05. The molecule has 6 nitrogen and oxygen atoms in total. The Bertz CT molecular complexity index is 785. The molecule has 0 aromatic heterocycles. The summed E-state index contributed by atoms with van der Waals surface area (Å²) in [5.74, 6) is 0. The highest BCUT2D eigenvalue weighted by Gasteiger charge is 2.18. The van der Waals surface area contributed by atoms with Gasteiger partial charge in [-0.15, -0.1) is 0 Å². The third-order valence-electron chi connectivity index (χ3n) is 4.77. The lowest BCUT2D eigenvalue weighted by Gasteiger charge is -2.24. The van der Waals surface area contributed by atoms with Crippen LogP contribution in [0.3, 0.4) is 0 Å². The van der Waals surface area contributed by atoms with Crippen molar-refractivity contribution in [2.24, 2.45) is 5.41 Å². The fourth-order valence-electron chi connectivity index (χ4n) is 3.31. The highest BCUT2D eigenvalue weighted by molar-refractivity contribution is 5.34. The minimum atomic E-state index is -0.379. The van der Waals surface area contributed by atoms with Gasteiger partial charge in [0.25, 0.3) is 11.4 Å². The summed E-state index contributed by atoms with van der Waals surface area (Å²) in [5.41, 5.74) is 2.52. The van der Waals surface area contributed by atoms with Gasteiger partial charge in [0.2, 0.25) is 0 Å². The lowest BCUT2D eigenvalue weighted by molar-refractivity contribution is -0.385. The molecule has 0 aliphatic heterocycles. The smallest absolute Gasteiger partial charge is 0.258 e. The largest absolute Gasteiger partial charge is 0.269 e. The van der Waals surface area contributed by atoms with Crippen molar-refractivity contribution in [3.63, 3.8) is 0 Å². The maximum atomic E-state index is 10.8. The molecule has 2 aromatic carbocycles. The summed E-state index contributed by atoms with van der Waals surface area (Å²) in [4.78, 5) is 20.8. The van der Waals surface area contributed by atoms with Gasteiger partial charge < -0.3 is 0 Å². The molecular formula is C21H26N2O4. The molecule has 0 aliphatic rings. The first-order valence-electron chi connectivity index (χ1n) is 9.23. The van der Waals surface area contributed by atoms with Gasteiger partial charge >= 0.3 is 0 Å². The summed E-state index contributed by atoms with van der Waals surface area (Å²) < 4.78 is 0. The van der Waals surface area contributed by atoms with E-state index in [9.17, 15) is 20.2 Å². The molecule has 0 heterocycles. The zero-order chi connectivity index (χ0) is 19.9. The molecule has 0 unspecified atom stereocenters. The van der Waals surface area contributed by atoms with Gasteiger partial charge in [-0.1, -0.05) is 51.0 Å². The first-order valence-corrected chi connectivity index (χ1v) is 9.23. The summed E-state index contributed by atoms with van der Waals surface area (Å²) in [6, 6.07) is 13.6. The quantitative estimate of drug-likeness (QED) is 0.297. The number of rotatable bonds is 10. The lowest BCUT2D eigenvalue weighted by Crippen LogP contribution is -2.15. The third-order valence-corrected chi connectivity index (χ3v) is 4.77. The number of hydrogen-bond donors (Lipinski definition) is 0.